The monoisotopic (exact) mass is 278 g/mol. The highest BCUT2D eigenvalue weighted by molar-refractivity contribution is 5.24. The molecule has 0 saturated carbocycles. The first kappa shape index (κ1) is 17.2. The Morgan fingerprint density at radius 3 is 2.35 bits per heavy atom. The van der Waals surface area contributed by atoms with Crippen LogP contribution in [0.15, 0.2) is 24.3 Å². The molecule has 0 heterocycles. The van der Waals surface area contributed by atoms with Crippen LogP contribution in [0.25, 0.3) is 0 Å². The van der Waals surface area contributed by atoms with Gasteiger partial charge in [0.05, 0.1) is 5.60 Å². The molecule has 1 aromatic rings. The maximum Gasteiger partial charge on any atom is 0.0718 e. The molecule has 0 amide bonds. The summed E-state index contributed by atoms with van der Waals surface area (Å²) in [6, 6.07) is 9.13. The predicted molar refractivity (Wildman–Crippen MR) is 86.0 cm³/mol. The normalized spacial score (nSPS) is 13.8. The first-order chi connectivity index (χ1) is 9.31. The van der Waals surface area contributed by atoms with E-state index in [-0.39, 0.29) is 0 Å². The maximum atomic E-state index is 9.85. The molecule has 2 N–H and O–H groups in total. The minimum Gasteiger partial charge on any atom is -0.389 e. The van der Waals surface area contributed by atoms with Crippen molar-refractivity contribution in [3.05, 3.63) is 35.4 Å². The number of aliphatic hydroxyl groups is 1. The molecule has 0 aromatic heterocycles. The van der Waals surface area contributed by atoms with Crippen molar-refractivity contribution in [2.24, 2.45) is 0 Å². The Morgan fingerprint density at radius 2 is 1.85 bits per heavy atom. The van der Waals surface area contributed by atoms with Gasteiger partial charge in [0.2, 0.25) is 0 Å². The molecule has 20 heavy (non-hydrogen) atoms. The number of nitrogens with zero attached hydrogens (tertiary/aromatic N) is 1. The van der Waals surface area contributed by atoms with Crippen LogP contribution in [0.1, 0.15) is 44.4 Å². The summed E-state index contributed by atoms with van der Waals surface area (Å²) in [7, 11) is 2.07. The molecule has 0 aliphatic carbocycles. The molecule has 0 fully saturated rings. The molecule has 3 nitrogen and oxygen atoms in total. The molecule has 0 saturated heterocycles. The number of nitrogens with one attached hydrogen (secondary N) is 1. The van der Waals surface area contributed by atoms with Crippen LogP contribution in [0.4, 0.5) is 0 Å². The Bertz CT molecular complexity index is 381. The molecule has 0 aliphatic heterocycles. The summed E-state index contributed by atoms with van der Waals surface area (Å²) in [4.78, 5) is 2.19. The van der Waals surface area contributed by atoms with Gasteiger partial charge in [-0.15, -0.1) is 0 Å². The van der Waals surface area contributed by atoms with Gasteiger partial charge in [0.25, 0.3) is 0 Å². The van der Waals surface area contributed by atoms with E-state index < -0.39 is 5.60 Å². The summed E-state index contributed by atoms with van der Waals surface area (Å²) in [5.41, 5.74) is 2.00. The summed E-state index contributed by atoms with van der Waals surface area (Å²) in [5, 5.41) is 13.4. The smallest absolute Gasteiger partial charge is 0.0718 e. The zero-order chi connectivity index (χ0) is 15.2. The van der Waals surface area contributed by atoms with E-state index in [2.05, 4.69) is 55.4 Å². The van der Waals surface area contributed by atoms with E-state index in [1.807, 2.05) is 13.8 Å². The maximum absolute atomic E-state index is 9.85. The van der Waals surface area contributed by atoms with Gasteiger partial charge in [0.1, 0.15) is 0 Å². The Balaban J connectivity index is 2.57. The molecule has 0 spiro atoms. The highest BCUT2D eigenvalue weighted by atomic mass is 16.3. The van der Waals surface area contributed by atoms with E-state index >= 15 is 0 Å². The van der Waals surface area contributed by atoms with Crippen molar-refractivity contribution in [1.82, 2.24) is 10.2 Å². The lowest BCUT2D eigenvalue weighted by Gasteiger charge is -2.27. The summed E-state index contributed by atoms with van der Waals surface area (Å²) >= 11 is 0. The lowest BCUT2D eigenvalue weighted by atomic mass is 10.0. The van der Waals surface area contributed by atoms with Crippen molar-refractivity contribution >= 4 is 0 Å². The van der Waals surface area contributed by atoms with Gasteiger partial charge in [-0.2, -0.15) is 0 Å². The molecule has 3 heteroatoms. The van der Waals surface area contributed by atoms with Gasteiger partial charge >= 0.3 is 0 Å². The van der Waals surface area contributed by atoms with Crippen molar-refractivity contribution in [3.63, 3.8) is 0 Å². The Labute approximate surface area is 124 Å². The molecule has 1 rings (SSSR count). The summed E-state index contributed by atoms with van der Waals surface area (Å²) in [5.74, 6) is 0. The summed E-state index contributed by atoms with van der Waals surface area (Å²) < 4.78 is 0. The van der Waals surface area contributed by atoms with E-state index in [4.69, 9.17) is 0 Å². The van der Waals surface area contributed by atoms with Crippen LogP contribution in [-0.2, 0) is 0 Å². The zero-order valence-corrected chi connectivity index (χ0v) is 13.6. The third-order valence-electron chi connectivity index (χ3n) is 3.39. The van der Waals surface area contributed by atoms with E-state index in [0.717, 1.165) is 19.5 Å². The average molecular weight is 278 g/mol. The minimum atomic E-state index is -0.633. The second-order valence-corrected chi connectivity index (χ2v) is 6.36. The molecule has 114 valence electrons. The first-order valence-electron chi connectivity index (χ1n) is 7.52. The van der Waals surface area contributed by atoms with Gasteiger partial charge < -0.3 is 15.3 Å². The lowest BCUT2D eigenvalue weighted by Crippen LogP contribution is -2.37. The fraction of sp³-hybridized carbons (Fsp3) is 0.647. The third-order valence-corrected chi connectivity index (χ3v) is 3.39. The molecule has 0 bridgehead atoms. The van der Waals surface area contributed by atoms with Crippen LogP contribution in [0, 0.1) is 6.92 Å². The Hall–Kier alpha value is -0.900. The average Bonchev–Trinajstić information content (AvgIpc) is 2.33. The van der Waals surface area contributed by atoms with Crippen LogP contribution < -0.4 is 5.32 Å². The number of aryl methyl sites for hydroxylation is 1. The van der Waals surface area contributed by atoms with Crippen molar-refractivity contribution in [1.29, 1.82) is 0 Å². The highest BCUT2D eigenvalue weighted by Crippen LogP contribution is 2.18. The van der Waals surface area contributed by atoms with Crippen LogP contribution in [0.2, 0.25) is 0 Å². The molecular formula is C17H30N2O. The topological polar surface area (TPSA) is 35.5 Å². The SMILES string of the molecule is CCNC(CCN(C)CC(C)(C)O)c1ccc(C)cc1. The van der Waals surface area contributed by atoms with E-state index in [0.29, 0.717) is 12.6 Å². The number of hydrogen-bond donors (Lipinski definition) is 2. The standard InChI is InChI=1S/C17H30N2O/c1-6-18-16(15-9-7-14(2)8-10-15)11-12-19(5)13-17(3,4)20/h7-10,16,18,20H,6,11-13H2,1-5H3. The number of benzene rings is 1. The summed E-state index contributed by atoms with van der Waals surface area (Å²) in [6.45, 7) is 10.6. The van der Waals surface area contributed by atoms with E-state index in [1.165, 1.54) is 11.1 Å². The zero-order valence-electron chi connectivity index (χ0n) is 13.6. The number of likely N-dealkylation sites (N-methyl/N-ethyl adjacent to an activating group) is 1. The molecular weight excluding hydrogens is 248 g/mol. The van der Waals surface area contributed by atoms with Crippen LogP contribution in [-0.4, -0.2) is 42.3 Å². The van der Waals surface area contributed by atoms with Crippen molar-refractivity contribution in [3.8, 4) is 0 Å². The highest BCUT2D eigenvalue weighted by Gasteiger charge is 2.17. The molecule has 1 atom stereocenters. The first-order valence-corrected chi connectivity index (χ1v) is 7.52. The second-order valence-electron chi connectivity index (χ2n) is 6.36. The molecule has 0 aliphatic rings. The fourth-order valence-corrected chi connectivity index (χ4v) is 2.52. The minimum absolute atomic E-state index is 0.379. The molecule has 1 aromatic carbocycles. The van der Waals surface area contributed by atoms with Crippen molar-refractivity contribution < 1.29 is 5.11 Å². The molecule has 0 radical (unpaired) electrons. The third kappa shape index (κ3) is 6.51. The van der Waals surface area contributed by atoms with E-state index in [1.54, 1.807) is 0 Å². The van der Waals surface area contributed by atoms with Gasteiger partial charge in [-0.25, -0.2) is 0 Å². The number of rotatable bonds is 8. The Morgan fingerprint density at radius 1 is 1.25 bits per heavy atom. The largest absolute Gasteiger partial charge is 0.389 e. The van der Waals surface area contributed by atoms with Gasteiger partial charge in [-0.05, 0) is 52.9 Å². The summed E-state index contributed by atoms with van der Waals surface area (Å²) in [6.07, 6.45) is 1.05. The Kier molecular flexibility index (Phi) is 6.66. The van der Waals surface area contributed by atoms with Gasteiger partial charge in [-0.3, -0.25) is 0 Å². The van der Waals surface area contributed by atoms with Crippen molar-refractivity contribution in [2.75, 3.05) is 26.7 Å². The van der Waals surface area contributed by atoms with Crippen LogP contribution in [0.3, 0.4) is 0 Å². The van der Waals surface area contributed by atoms with Gasteiger partial charge in [-0.1, -0.05) is 36.8 Å². The number of hydrogen-bond acceptors (Lipinski definition) is 3. The quantitative estimate of drug-likeness (QED) is 0.767. The second kappa shape index (κ2) is 7.77. The van der Waals surface area contributed by atoms with E-state index in [9.17, 15) is 5.11 Å². The van der Waals surface area contributed by atoms with Crippen molar-refractivity contribution in [2.45, 2.75) is 45.8 Å². The fourth-order valence-electron chi connectivity index (χ4n) is 2.52. The van der Waals surface area contributed by atoms with Gasteiger partial charge in [0.15, 0.2) is 0 Å². The predicted octanol–water partition coefficient (Wildman–Crippen LogP) is 2.74. The lowest BCUT2D eigenvalue weighted by molar-refractivity contribution is 0.0436. The van der Waals surface area contributed by atoms with Crippen LogP contribution >= 0.6 is 0 Å². The molecule has 1 unspecified atom stereocenters. The van der Waals surface area contributed by atoms with Gasteiger partial charge in [0, 0.05) is 12.6 Å². The van der Waals surface area contributed by atoms with Crippen LogP contribution in [0.5, 0.6) is 0 Å².